The third kappa shape index (κ3) is 5.28. The molecule has 0 amide bonds. The van der Waals surface area contributed by atoms with E-state index in [0.29, 0.717) is 5.56 Å². The second kappa shape index (κ2) is 7.54. The summed E-state index contributed by atoms with van der Waals surface area (Å²) >= 11 is 0. The van der Waals surface area contributed by atoms with Gasteiger partial charge in [-0.05, 0) is 41.3 Å². The largest absolute Gasteiger partial charge is 0.508 e. The van der Waals surface area contributed by atoms with Crippen LogP contribution in [-0.2, 0) is 21.8 Å². The summed E-state index contributed by atoms with van der Waals surface area (Å²) in [6.45, 7) is 6.62. The first-order valence-corrected chi connectivity index (χ1v) is 9.76. The van der Waals surface area contributed by atoms with E-state index in [1.54, 1.807) is 12.1 Å². The fourth-order valence-corrected chi connectivity index (χ4v) is 3.60. The first kappa shape index (κ1) is 19.4. The smallest absolute Gasteiger partial charge is 0.179 e. The van der Waals surface area contributed by atoms with Crippen molar-refractivity contribution in [2.75, 3.05) is 12.3 Å². The normalized spacial score (nSPS) is 12.3. The summed E-state index contributed by atoms with van der Waals surface area (Å²) in [6.07, 6.45) is 0. The first-order valence-electron chi connectivity index (χ1n) is 8.11. The number of nitrogens with one attached hydrogen (secondary N) is 1. The maximum atomic E-state index is 13.1. The summed E-state index contributed by atoms with van der Waals surface area (Å²) in [5.41, 5.74) is 1.44. The molecule has 0 unspecified atom stereocenters. The van der Waals surface area contributed by atoms with Gasteiger partial charge >= 0.3 is 0 Å². The minimum absolute atomic E-state index is 0.0190. The zero-order chi connectivity index (χ0) is 18.7. The fourth-order valence-electron chi connectivity index (χ4n) is 2.41. The molecule has 0 heterocycles. The van der Waals surface area contributed by atoms with Gasteiger partial charge < -0.3 is 10.4 Å². The molecule has 0 aliphatic heterocycles. The predicted molar refractivity (Wildman–Crippen MR) is 97.0 cm³/mol. The van der Waals surface area contributed by atoms with Crippen LogP contribution >= 0.6 is 0 Å². The van der Waals surface area contributed by atoms with Gasteiger partial charge in [-0.3, -0.25) is 0 Å². The first-order chi connectivity index (χ1) is 11.6. The molecular formula is C19H24FNO3S. The molecular weight excluding hydrogens is 341 g/mol. The SMILES string of the molecule is CC(C)(C)c1ccc(S(=O)(=O)CCNCc2cc(F)ccc2O)cc1. The number of halogens is 1. The molecule has 0 saturated heterocycles. The average Bonchev–Trinajstić information content (AvgIpc) is 2.54. The predicted octanol–water partition coefficient (Wildman–Crippen LogP) is 3.39. The second-order valence-electron chi connectivity index (χ2n) is 7.04. The third-order valence-electron chi connectivity index (χ3n) is 3.98. The molecule has 0 spiro atoms. The van der Waals surface area contributed by atoms with Gasteiger partial charge in [0.25, 0.3) is 0 Å². The van der Waals surface area contributed by atoms with Crippen LogP contribution in [0.4, 0.5) is 4.39 Å². The van der Waals surface area contributed by atoms with Crippen molar-refractivity contribution in [3.05, 3.63) is 59.4 Å². The molecule has 2 aromatic carbocycles. The van der Waals surface area contributed by atoms with Crippen LogP contribution in [0.3, 0.4) is 0 Å². The van der Waals surface area contributed by atoms with Crippen molar-refractivity contribution in [1.82, 2.24) is 5.32 Å². The van der Waals surface area contributed by atoms with Gasteiger partial charge in [0.05, 0.1) is 10.6 Å². The van der Waals surface area contributed by atoms with E-state index in [9.17, 15) is 17.9 Å². The van der Waals surface area contributed by atoms with Crippen molar-refractivity contribution in [3.63, 3.8) is 0 Å². The Morgan fingerprint density at radius 3 is 2.32 bits per heavy atom. The Morgan fingerprint density at radius 2 is 1.72 bits per heavy atom. The standard InChI is InChI=1S/C19H24FNO3S/c1-19(2,3)15-4-7-17(8-5-15)25(23,24)11-10-21-13-14-12-16(20)6-9-18(14)22/h4-9,12,21-22H,10-11,13H2,1-3H3. The molecule has 2 aromatic rings. The minimum atomic E-state index is -3.39. The summed E-state index contributed by atoms with van der Waals surface area (Å²) in [5, 5.41) is 12.6. The number of benzene rings is 2. The topological polar surface area (TPSA) is 66.4 Å². The number of aromatic hydroxyl groups is 1. The van der Waals surface area contributed by atoms with E-state index >= 15 is 0 Å². The summed E-state index contributed by atoms with van der Waals surface area (Å²) in [7, 11) is -3.39. The molecule has 136 valence electrons. The van der Waals surface area contributed by atoms with Crippen molar-refractivity contribution in [2.24, 2.45) is 0 Å². The Hall–Kier alpha value is -1.92. The van der Waals surface area contributed by atoms with Crippen LogP contribution in [-0.4, -0.2) is 25.8 Å². The lowest BCUT2D eigenvalue weighted by Gasteiger charge is -2.19. The molecule has 4 nitrogen and oxygen atoms in total. The van der Waals surface area contributed by atoms with Gasteiger partial charge in [0.2, 0.25) is 0 Å². The molecule has 0 aromatic heterocycles. The third-order valence-corrected chi connectivity index (χ3v) is 5.72. The van der Waals surface area contributed by atoms with Crippen molar-refractivity contribution in [3.8, 4) is 5.75 Å². The highest BCUT2D eigenvalue weighted by Gasteiger charge is 2.17. The highest BCUT2D eigenvalue weighted by Crippen LogP contribution is 2.23. The van der Waals surface area contributed by atoms with Gasteiger partial charge in [-0.25, -0.2) is 12.8 Å². The van der Waals surface area contributed by atoms with E-state index in [4.69, 9.17) is 0 Å². The Balaban J connectivity index is 1.94. The molecule has 0 bridgehead atoms. The number of phenolic OH excluding ortho intramolecular Hbond substituents is 1. The van der Waals surface area contributed by atoms with Crippen molar-refractivity contribution in [1.29, 1.82) is 0 Å². The number of sulfone groups is 1. The number of hydrogen-bond acceptors (Lipinski definition) is 4. The van der Waals surface area contributed by atoms with Crippen molar-refractivity contribution < 1.29 is 17.9 Å². The van der Waals surface area contributed by atoms with E-state index in [-0.39, 0.29) is 34.9 Å². The van der Waals surface area contributed by atoms with Gasteiger partial charge in [-0.1, -0.05) is 32.9 Å². The maximum absolute atomic E-state index is 13.1. The van der Waals surface area contributed by atoms with Crippen LogP contribution < -0.4 is 5.32 Å². The zero-order valence-corrected chi connectivity index (χ0v) is 15.5. The molecule has 0 aliphatic carbocycles. The molecule has 0 radical (unpaired) electrons. The lowest BCUT2D eigenvalue weighted by Crippen LogP contribution is -2.23. The highest BCUT2D eigenvalue weighted by molar-refractivity contribution is 7.91. The highest BCUT2D eigenvalue weighted by atomic mass is 32.2. The maximum Gasteiger partial charge on any atom is 0.179 e. The molecule has 0 aliphatic rings. The lowest BCUT2D eigenvalue weighted by molar-refractivity contribution is 0.462. The summed E-state index contributed by atoms with van der Waals surface area (Å²) < 4.78 is 37.9. The van der Waals surface area contributed by atoms with Gasteiger partial charge in [-0.15, -0.1) is 0 Å². The van der Waals surface area contributed by atoms with Crippen LogP contribution in [0, 0.1) is 5.82 Å². The van der Waals surface area contributed by atoms with E-state index < -0.39 is 15.7 Å². The van der Waals surface area contributed by atoms with Crippen molar-refractivity contribution >= 4 is 9.84 Å². The van der Waals surface area contributed by atoms with E-state index in [0.717, 1.165) is 5.56 Å². The summed E-state index contributed by atoms with van der Waals surface area (Å²) in [5.74, 6) is -0.534. The van der Waals surface area contributed by atoms with E-state index in [1.807, 2.05) is 12.1 Å². The van der Waals surface area contributed by atoms with Crippen LogP contribution in [0.25, 0.3) is 0 Å². The lowest BCUT2D eigenvalue weighted by atomic mass is 9.87. The molecule has 2 rings (SSSR count). The van der Waals surface area contributed by atoms with Crippen molar-refractivity contribution in [2.45, 2.75) is 37.6 Å². The van der Waals surface area contributed by atoms with E-state index in [1.165, 1.54) is 18.2 Å². The summed E-state index contributed by atoms with van der Waals surface area (Å²) in [4.78, 5) is 0.288. The Labute approximate surface area is 148 Å². The minimum Gasteiger partial charge on any atom is -0.508 e. The van der Waals surface area contributed by atoms with Crippen LogP contribution in [0.5, 0.6) is 5.75 Å². The van der Waals surface area contributed by atoms with Gasteiger partial charge in [0, 0.05) is 18.7 Å². The molecule has 25 heavy (non-hydrogen) atoms. The number of hydrogen-bond donors (Lipinski definition) is 2. The van der Waals surface area contributed by atoms with Gasteiger partial charge in [0.15, 0.2) is 9.84 Å². The number of rotatable bonds is 6. The molecule has 0 saturated carbocycles. The van der Waals surface area contributed by atoms with Crippen LogP contribution in [0.1, 0.15) is 31.9 Å². The Morgan fingerprint density at radius 1 is 1.08 bits per heavy atom. The second-order valence-corrected chi connectivity index (χ2v) is 9.15. The molecule has 6 heteroatoms. The van der Waals surface area contributed by atoms with Crippen LogP contribution in [0.2, 0.25) is 0 Å². The molecule has 0 fully saturated rings. The van der Waals surface area contributed by atoms with Gasteiger partial charge in [-0.2, -0.15) is 0 Å². The van der Waals surface area contributed by atoms with Gasteiger partial charge in [0.1, 0.15) is 11.6 Å². The Kier molecular flexibility index (Phi) is 5.85. The van der Waals surface area contributed by atoms with E-state index in [2.05, 4.69) is 26.1 Å². The fraction of sp³-hybridized carbons (Fsp3) is 0.368. The quantitative estimate of drug-likeness (QED) is 0.770. The summed E-state index contributed by atoms with van der Waals surface area (Å²) in [6, 6.07) is 10.6. The Bertz CT molecular complexity index is 825. The molecule has 2 N–H and O–H groups in total. The molecule has 0 atom stereocenters. The van der Waals surface area contributed by atoms with Crippen LogP contribution in [0.15, 0.2) is 47.4 Å². The zero-order valence-electron chi connectivity index (χ0n) is 14.7. The average molecular weight is 365 g/mol. The monoisotopic (exact) mass is 365 g/mol. The number of phenols is 1.